The first kappa shape index (κ1) is 35.1. The molecule has 0 amide bonds. The van der Waals surface area contributed by atoms with Crippen molar-refractivity contribution in [2.24, 2.45) is 11.3 Å². The van der Waals surface area contributed by atoms with Gasteiger partial charge >= 0.3 is 5.97 Å². The Morgan fingerprint density at radius 2 is 1.35 bits per heavy atom. The van der Waals surface area contributed by atoms with E-state index >= 15 is 0 Å². The van der Waals surface area contributed by atoms with Gasteiger partial charge in [0, 0.05) is 54.2 Å². The maximum atomic E-state index is 14.4. The number of Topliss-reactive ketones (excluding diaryl/α,β-unsaturated/α-hetero) is 2. The van der Waals surface area contributed by atoms with Crippen molar-refractivity contribution in [1.82, 2.24) is 0 Å². The number of hydrogen-bond donors (Lipinski definition) is 11. The number of benzene rings is 3. The second-order valence-corrected chi connectivity index (χ2v) is 13.8. The van der Waals surface area contributed by atoms with Crippen LogP contribution in [-0.2, 0) is 32.0 Å². The molecule has 0 aromatic heterocycles. The van der Waals surface area contributed by atoms with E-state index < -0.39 is 134 Å². The van der Waals surface area contributed by atoms with Crippen LogP contribution in [0.5, 0.6) is 51.7 Å². The SMILES string of the molecule is O=C1C(O)=C[C@@]2([C@H]3Oc4cc(O)cc(O)c4C[C@H]3OC(=O)c3cc(O)c(O)c(O)c3)C(=C1O)C(=O)C1(O)C(=O)C=C([C@@H]3Oc4cc(O)cc(O)c4C[C@@H]3O)C12. The molecule has 18 heteroatoms. The lowest BCUT2D eigenvalue weighted by atomic mass is 9.61. The number of phenolic OH excluding ortho intramolecular Hbond substituents is 7. The fourth-order valence-electron chi connectivity index (χ4n) is 8.39. The monoisotopic (exact) mass is 760 g/mol. The molecule has 0 radical (unpaired) electrons. The van der Waals surface area contributed by atoms with Gasteiger partial charge in [-0.25, -0.2) is 4.79 Å². The van der Waals surface area contributed by atoms with Gasteiger partial charge in [-0.1, -0.05) is 0 Å². The number of carbonyl (C=O) groups is 4. The lowest BCUT2D eigenvalue weighted by Gasteiger charge is -2.48. The molecule has 2 unspecified atom stereocenters. The predicted octanol–water partition coefficient (Wildman–Crippen LogP) is 0.782. The Morgan fingerprint density at radius 1 is 0.764 bits per heavy atom. The normalized spacial score (nSPS) is 29.3. The average molecular weight is 761 g/mol. The molecule has 0 saturated heterocycles. The molecule has 55 heavy (non-hydrogen) atoms. The third-order valence-corrected chi connectivity index (χ3v) is 10.7. The molecule has 11 N–H and O–H groups in total. The molecule has 2 heterocycles. The van der Waals surface area contributed by atoms with Gasteiger partial charge in [0.1, 0.15) is 46.7 Å². The summed E-state index contributed by atoms with van der Waals surface area (Å²) >= 11 is 0. The zero-order valence-corrected chi connectivity index (χ0v) is 27.7. The van der Waals surface area contributed by atoms with Gasteiger partial charge in [-0.2, -0.15) is 0 Å². The zero-order chi connectivity index (χ0) is 39.6. The third kappa shape index (κ3) is 4.74. The topological polar surface area (TPSA) is 318 Å². The third-order valence-electron chi connectivity index (χ3n) is 10.7. The summed E-state index contributed by atoms with van der Waals surface area (Å²) in [5, 5.41) is 118. The van der Waals surface area contributed by atoms with Crippen molar-refractivity contribution < 1.29 is 89.6 Å². The summed E-state index contributed by atoms with van der Waals surface area (Å²) in [6.07, 6.45) is -6.59. The second-order valence-electron chi connectivity index (χ2n) is 13.8. The van der Waals surface area contributed by atoms with Crippen LogP contribution in [-0.4, -0.2) is 110 Å². The first-order valence-corrected chi connectivity index (χ1v) is 16.4. The minimum Gasteiger partial charge on any atom is -0.508 e. The van der Waals surface area contributed by atoms with Gasteiger partial charge in [-0.05, 0) is 29.9 Å². The van der Waals surface area contributed by atoms with Crippen LogP contribution in [0, 0.1) is 11.3 Å². The van der Waals surface area contributed by atoms with E-state index in [1.807, 2.05) is 0 Å². The largest absolute Gasteiger partial charge is 0.508 e. The molecule has 3 aliphatic carbocycles. The van der Waals surface area contributed by atoms with E-state index in [0.29, 0.717) is 6.08 Å². The highest BCUT2D eigenvalue weighted by atomic mass is 16.6. The number of ketones is 3. The van der Waals surface area contributed by atoms with Gasteiger partial charge in [0.05, 0.1) is 22.7 Å². The standard InChI is InChI=1S/C37H28O18/c38-12-3-17(40)14-7-21(44)31(53-23(14)5-12)16-9-26(46)37(52)32(16)36(10-22(45)29(48)30(49)27(36)33(37)50)34-25(8-15-18(41)4-13(39)6-24(15)54-34)55-35(51)11-1-19(42)28(47)20(43)2-11/h1-6,9-10,21,25,31-32,34,38-45,47,49,52H,7-8H2/t21-,25+,31-,32?,34-,36+,37?/m0/s1. The number of esters is 1. The van der Waals surface area contributed by atoms with Gasteiger partial charge in [0.15, 0.2) is 46.3 Å². The Balaban J connectivity index is 1.34. The van der Waals surface area contributed by atoms with Crippen LogP contribution in [0.3, 0.4) is 0 Å². The Bertz CT molecular complexity index is 2380. The van der Waals surface area contributed by atoms with Crippen LogP contribution in [0.1, 0.15) is 21.5 Å². The summed E-state index contributed by atoms with van der Waals surface area (Å²) in [4.78, 5) is 55.0. The number of aliphatic hydroxyl groups is 4. The van der Waals surface area contributed by atoms with Crippen LogP contribution in [0.15, 0.2) is 71.2 Å². The fraction of sp³-hybridized carbons (Fsp3) is 0.243. The zero-order valence-electron chi connectivity index (χ0n) is 27.7. The molecule has 1 fully saturated rings. The van der Waals surface area contributed by atoms with E-state index in [1.165, 1.54) is 0 Å². The summed E-state index contributed by atoms with van der Waals surface area (Å²) in [6, 6.07) is 5.45. The molecule has 8 rings (SSSR count). The second kappa shape index (κ2) is 11.5. The summed E-state index contributed by atoms with van der Waals surface area (Å²) in [7, 11) is 0. The molecule has 2 aliphatic heterocycles. The van der Waals surface area contributed by atoms with Crippen LogP contribution < -0.4 is 9.47 Å². The van der Waals surface area contributed by atoms with Crippen LogP contribution in [0.25, 0.3) is 0 Å². The van der Waals surface area contributed by atoms with Gasteiger partial charge < -0.3 is 70.4 Å². The van der Waals surface area contributed by atoms with E-state index in [0.717, 1.165) is 42.5 Å². The van der Waals surface area contributed by atoms with Crippen LogP contribution in [0.4, 0.5) is 0 Å². The molecular weight excluding hydrogens is 732 g/mol. The van der Waals surface area contributed by atoms with E-state index in [2.05, 4.69) is 0 Å². The maximum Gasteiger partial charge on any atom is 0.338 e. The molecule has 7 atom stereocenters. The lowest BCUT2D eigenvalue weighted by Crippen LogP contribution is -2.58. The molecule has 3 aromatic carbocycles. The highest BCUT2D eigenvalue weighted by Gasteiger charge is 2.77. The van der Waals surface area contributed by atoms with E-state index in [4.69, 9.17) is 14.2 Å². The highest BCUT2D eigenvalue weighted by Crippen LogP contribution is 2.65. The van der Waals surface area contributed by atoms with Crippen molar-refractivity contribution in [3.05, 3.63) is 87.9 Å². The number of phenols is 7. The summed E-state index contributed by atoms with van der Waals surface area (Å²) in [5.74, 6) is -15.8. The Kier molecular flexibility index (Phi) is 7.37. The number of fused-ring (bicyclic) bond motifs is 5. The minimum absolute atomic E-state index is 0.0445. The Morgan fingerprint density at radius 3 is 1.96 bits per heavy atom. The quantitative estimate of drug-likeness (QED) is 0.0994. The average Bonchev–Trinajstić information content (AvgIpc) is 3.50. The van der Waals surface area contributed by atoms with Crippen LogP contribution >= 0.6 is 0 Å². The molecule has 0 bridgehead atoms. The molecule has 284 valence electrons. The van der Waals surface area contributed by atoms with Crippen molar-refractivity contribution in [1.29, 1.82) is 0 Å². The van der Waals surface area contributed by atoms with Gasteiger partial charge in [-0.3, -0.25) is 14.4 Å². The molecule has 1 saturated carbocycles. The minimum atomic E-state index is -3.21. The molecule has 18 nitrogen and oxygen atoms in total. The molecule has 3 aromatic rings. The number of aromatic hydroxyl groups is 7. The van der Waals surface area contributed by atoms with Crippen molar-refractivity contribution in [2.45, 2.75) is 42.9 Å². The Labute approximate surface area is 306 Å². The summed E-state index contributed by atoms with van der Waals surface area (Å²) in [5.41, 5.74) is -7.79. The molecule has 5 aliphatic rings. The number of rotatable bonds is 4. The highest BCUT2D eigenvalue weighted by molar-refractivity contribution is 6.29. The van der Waals surface area contributed by atoms with Gasteiger partial charge in [0.2, 0.25) is 5.78 Å². The first-order chi connectivity index (χ1) is 25.9. The van der Waals surface area contributed by atoms with Crippen molar-refractivity contribution in [3.63, 3.8) is 0 Å². The molecular formula is C37H28O18. The van der Waals surface area contributed by atoms with Crippen molar-refractivity contribution >= 4 is 23.3 Å². The number of aliphatic hydroxyl groups excluding tert-OH is 3. The maximum absolute atomic E-state index is 14.4. The van der Waals surface area contributed by atoms with Crippen molar-refractivity contribution in [2.75, 3.05) is 0 Å². The predicted molar refractivity (Wildman–Crippen MR) is 177 cm³/mol. The molecule has 0 spiro atoms. The number of carbonyl (C=O) groups excluding carboxylic acids is 4. The first-order valence-electron chi connectivity index (χ1n) is 16.4. The fourth-order valence-corrected chi connectivity index (χ4v) is 8.39. The van der Waals surface area contributed by atoms with Crippen LogP contribution in [0.2, 0.25) is 0 Å². The summed E-state index contributed by atoms with van der Waals surface area (Å²) in [6.45, 7) is 0. The van der Waals surface area contributed by atoms with E-state index in [-0.39, 0.29) is 34.6 Å². The van der Waals surface area contributed by atoms with Gasteiger partial charge in [0.25, 0.3) is 5.78 Å². The number of ether oxygens (including phenoxy) is 3. The Hall–Kier alpha value is -6.92. The number of hydrogen-bond acceptors (Lipinski definition) is 18. The van der Waals surface area contributed by atoms with E-state index in [9.17, 15) is 75.3 Å². The van der Waals surface area contributed by atoms with Crippen molar-refractivity contribution in [3.8, 4) is 51.7 Å². The van der Waals surface area contributed by atoms with Gasteiger partial charge in [-0.15, -0.1) is 0 Å². The van der Waals surface area contributed by atoms with E-state index in [1.54, 1.807) is 0 Å². The lowest BCUT2D eigenvalue weighted by molar-refractivity contribution is -0.147. The summed E-state index contributed by atoms with van der Waals surface area (Å²) < 4.78 is 18.0. The smallest absolute Gasteiger partial charge is 0.338 e.